The fraction of sp³-hybridized carbons (Fsp3) is 0.933. The Labute approximate surface area is 151 Å². The first-order valence-electron chi connectivity index (χ1n) is 8.01. The van der Waals surface area contributed by atoms with E-state index in [1.807, 2.05) is 11.8 Å². The van der Waals surface area contributed by atoms with Crippen LogP contribution in [0.3, 0.4) is 0 Å². The van der Waals surface area contributed by atoms with Crippen molar-refractivity contribution < 1.29 is 4.79 Å². The van der Waals surface area contributed by atoms with Crippen LogP contribution in [0.4, 0.5) is 0 Å². The minimum atomic E-state index is 0. The van der Waals surface area contributed by atoms with Gasteiger partial charge in [0.1, 0.15) is 0 Å². The third kappa shape index (κ3) is 7.26. The molecule has 0 aromatic carbocycles. The van der Waals surface area contributed by atoms with Crippen LogP contribution < -0.4 is 11.1 Å². The highest BCUT2D eigenvalue weighted by Crippen LogP contribution is 2.38. The molecule has 1 amide bonds. The summed E-state index contributed by atoms with van der Waals surface area (Å²) in [6.07, 6.45) is 6.64. The van der Waals surface area contributed by atoms with E-state index in [1.165, 1.54) is 30.8 Å². The summed E-state index contributed by atoms with van der Waals surface area (Å²) in [5.74, 6) is 2.65. The van der Waals surface area contributed by atoms with Gasteiger partial charge in [-0.15, -0.1) is 24.8 Å². The highest BCUT2D eigenvalue weighted by molar-refractivity contribution is 7.99. The number of halogens is 2. The van der Waals surface area contributed by atoms with E-state index in [4.69, 9.17) is 5.73 Å². The molecule has 1 saturated heterocycles. The first-order valence-corrected chi connectivity index (χ1v) is 9.16. The highest BCUT2D eigenvalue weighted by atomic mass is 35.5. The molecule has 7 heteroatoms. The topological polar surface area (TPSA) is 58.4 Å². The van der Waals surface area contributed by atoms with Gasteiger partial charge in [-0.25, -0.2) is 0 Å². The van der Waals surface area contributed by atoms with Crippen molar-refractivity contribution in [1.82, 2.24) is 10.2 Å². The first kappa shape index (κ1) is 22.3. The van der Waals surface area contributed by atoms with Crippen LogP contribution in [0.5, 0.6) is 0 Å². The molecule has 0 atom stereocenters. The monoisotopic (exact) mass is 371 g/mol. The zero-order chi connectivity index (χ0) is 14.3. The Kier molecular flexibility index (Phi) is 12.0. The van der Waals surface area contributed by atoms with E-state index in [-0.39, 0.29) is 36.1 Å². The van der Waals surface area contributed by atoms with Crippen LogP contribution in [0.1, 0.15) is 38.5 Å². The van der Waals surface area contributed by atoms with Crippen molar-refractivity contribution in [3.63, 3.8) is 0 Å². The SMILES string of the molecule is Cl.Cl.NCC1(CC(=O)NCCN2CCSCC2)CCCCC1. The summed E-state index contributed by atoms with van der Waals surface area (Å²) in [6, 6.07) is 0. The number of thioether (sulfide) groups is 1. The molecule has 0 radical (unpaired) electrons. The number of carbonyl (C=O) groups excluding carboxylic acids is 1. The standard InChI is InChI=1S/C15H29N3OS.2ClH/c16-13-15(4-2-1-3-5-15)12-14(19)17-6-7-18-8-10-20-11-9-18;;/h1-13,16H2,(H,17,19);2*1H. The minimum absolute atomic E-state index is 0. The van der Waals surface area contributed by atoms with E-state index >= 15 is 0 Å². The Morgan fingerprint density at radius 3 is 2.36 bits per heavy atom. The van der Waals surface area contributed by atoms with Gasteiger partial charge in [0, 0.05) is 44.1 Å². The number of hydrogen-bond acceptors (Lipinski definition) is 4. The first-order chi connectivity index (χ1) is 9.74. The summed E-state index contributed by atoms with van der Waals surface area (Å²) in [5, 5.41) is 3.09. The Balaban J connectivity index is 0.00000220. The van der Waals surface area contributed by atoms with E-state index in [0.717, 1.165) is 39.0 Å². The van der Waals surface area contributed by atoms with Crippen LogP contribution in [0.2, 0.25) is 0 Å². The molecule has 0 aromatic heterocycles. The molecular weight excluding hydrogens is 341 g/mol. The van der Waals surface area contributed by atoms with Crippen molar-refractivity contribution in [2.24, 2.45) is 11.1 Å². The molecule has 1 aliphatic heterocycles. The van der Waals surface area contributed by atoms with E-state index in [0.29, 0.717) is 13.0 Å². The predicted molar refractivity (Wildman–Crippen MR) is 100 cm³/mol. The lowest BCUT2D eigenvalue weighted by Crippen LogP contribution is -2.42. The summed E-state index contributed by atoms with van der Waals surface area (Å²) in [6.45, 7) is 4.75. The molecular formula is C15H31Cl2N3OS. The lowest BCUT2D eigenvalue weighted by molar-refractivity contribution is -0.123. The molecule has 0 unspecified atom stereocenters. The van der Waals surface area contributed by atoms with Crippen LogP contribution in [-0.4, -0.2) is 55.0 Å². The average molecular weight is 372 g/mol. The summed E-state index contributed by atoms with van der Waals surface area (Å²) >= 11 is 2.02. The van der Waals surface area contributed by atoms with Crippen molar-refractivity contribution in [3.05, 3.63) is 0 Å². The van der Waals surface area contributed by atoms with Gasteiger partial charge in [-0.2, -0.15) is 11.8 Å². The number of carbonyl (C=O) groups is 1. The van der Waals surface area contributed by atoms with Gasteiger partial charge >= 0.3 is 0 Å². The molecule has 1 heterocycles. The molecule has 2 rings (SSSR count). The van der Waals surface area contributed by atoms with Gasteiger partial charge in [0.2, 0.25) is 5.91 Å². The normalized spacial score (nSPS) is 21.3. The molecule has 0 spiro atoms. The molecule has 22 heavy (non-hydrogen) atoms. The van der Waals surface area contributed by atoms with E-state index in [2.05, 4.69) is 10.2 Å². The Hall–Kier alpha value is 0.320. The fourth-order valence-corrected chi connectivity index (χ4v) is 4.31. The minimum Gasteiger partial charge on any atom is -0.355 e. The Morgan fingerprint density at radius 2 is 1.77 bits per heavy atom. The second kappa shape index (κ2) is 11.8. The molecule has 132 valence electrons. The number of nitrogens with one attached hydrogen (secondary N) is 1. The maximum Gasteiger partial charge on any atom is 0.220 e. The third-order valence-electron chi connectivity index (χ3n) is 4.74. The molecule has 0 bridgehead atoms. The van der Waals surface area contributed by atoms with E-state index in [1.54, 1.807) is 0 Å². The van der Waals surface area contributed by atoms with Gasteiger partial charge < -0.3 is 11.1 Å². The van der Waals surface area contributed by atoms with Crippen molar-refractivity contribution >= 4 is 42.5 Å². The largest absolute Gasteiger partial charge is 0.355 e. The molecule has 1 saturated carbocycles. The van der Waals surface area contributed by atoms with E-state index in [9.17, 15) is 4.79 Å². The van der Waals surface area contributed by atoms with Crippen LogP contribution >= 0.6 is 36.6 Å². The van der Waals surface area contributed by atoms with E-state index < -0.39 is 0 Å². The summed E-state index contributed by atoms with van der Waals surface area (Å²) in [5.41, 5.74) is 6.03. The predicted octanol–water partition coefficient (Wildman–Crippen LogP) is 2.29. The van der Waals surface area contributed by atoms with Crippen molar-refractivity contribution in [2.75, 3.05) is 44.2 Å². The van der Waals surface area contributed by atoms with Gasteiger partial charge in [-0.3, -0.25) is 9.69 Å². The van der Waals surface area contributed by atoms with Crippen molar-refractivity contribution in [3.8, 4) is 0 Å². The van der Waals surface area contributed by atoms with Gasteiger partial charge in [-0.05, 0) is 24.8 Å². The van der Waals surface area contributed by atoms with Crippen LogP contribution in [0.15, 0.2) is 0 Å². The molecule has 2 fully saturated rings. The van der Waals surface area contributed by atoms with Crippen LogP contribution in [-0.2, 0) is 4.79 Å². The maximum absolute atomic E-state index is 12.1. The summed E-state index contributed by atoms with van der Waals surface area (Å²) in [7, 11) is 0. The zero-order valence-corrected chi connectivity index (χ0v) is 15.8. The van der Waals surface area contributed by atoms with Gasteiger partial charge in [0.15, 0.2) is 0 Å². The quantitative estimate of drug-likeness (QED) is 0.751. The molecule has 3 N–H and O–H groups in total. The summed E-state index contributed by atoms with van der Waals surface area (Å²) < 4.78 is 0. The molecule has 0 aromatic rings. The smallest absolute Gasteiger partial charge is 0.220 e. The van der Waals surface area contributed by atoms with Crippen molar-refractivity contribution in [2.45, 2.75) is 38.5 Å². The van der Waals surface area contributed by atoms with Gasteiger partial charge in [0.25, 0.3) is 0 Å². The van der Waals surface area contributed by atoms with Crippen molar-refractivity contribution in [1.29, 1.82) is 0 Å². The average Bonchev–Trinajstić information content (AvgIpc) is 2.49. The second-order valence-electron chi connectivity index (χ2n) is 6.25. The van der Waals surface area contributed by atoms with Crippen LogP contribution in [0.25, 0.3) is 0 Å². The number of amides is 1. The highest BCUT2D eigenvalue weighted by Gasteiger charge is 2.32. The zero-order valence-electron chi connectivity index (χ0n) is 13.3. The second-order valence-corrected chi connectivity index (χ2v) is 7.47. The number of nitrogens with zero attached hydrogens (tertiary/aromatic N) is 1. The van der Waals surface area contributed by atoms with Gasteiger partial charge in [0.05, 0.1) is 0 Å². The fourth-order valence-electron chi connectivity index (χ4n) is 3.34. The Bertz CT molecular complexity index is 309. The molecule has 2 aliphatic rings. The number of nitrogens with two attached hydrogens (primary N) is 1. The third-order valence-corrected chi connectivity index (χ3v) is 5.68. The van der Waals surface area contributed by atoms with Crippen LogP contribution in [0, 0.1) is 5.41 Å². The Morgan fingerprint density at radius 1 is 1.14 bits per heavy atom. The summed E-state index contributed by atoms with van der Waals surface area (Å²) in [4.78, 5) is 14.6. The van der Waals surface area contributed by atoms with Gasteiger partial charge in [-0.1, -0.05) is 19.3 Å². The molecule has 4 nitrogen and oxygen atoms in total. The number of hydrogen-bond donors (Lipinski definition) is 2. The maximum atomic E-state index is 12.1. The lowest BCUT2D eigenvalue weighted by atomic mass is 9.71. The lowest BCUT2D eigenvalue weighted by Gasteiger charge is -2.35. The molecule has 1 aliphatic carbocycles. The number of rotatable bonds is 6.